The molecule has 0 saturated heterocycles. The number of halogens is 1. The van der Waals surface area contributed by atoms with Crippen molar-refractivity contribution in [3.63, 3.8) is 0 Å². The predicted molar refractivity (Wildman–Crippen MR) is 96.7 cm³/mol. The summed E-state index contributed by atoms with van der Waals surface area (Å²) in [6.07, 6.45) is 2.04. The first-order valence-corrected chi connectivity index (χ1v) is 9.02. The maximum atomic E-state index is 12.5. The zero-order chi connectivity index (χ0) is 19.3. The van der Waals surface area contributed by atoms with Crippen LogP contribution in [0.1, 0.15) is 38.7 Å². The van der Waals surface area contributed by atoms with Gasteiger partial charge in [0.1, 0.15) is 6.04 Å². The van der Waals surface area contributed by atoms with Crippen molar-refractivity contribution < 1.29 is 23.9 Å². The minimum Gasteiger partial charge on any atom is -0.467 e. The summed E-state index contributed by atoms with van der Waals surface area (Å²) in [4.78, 5) is 36.4. The summed E-state index contributed by atoms with van der Waals surface area (Å²) < 4.78 is 9.93. The molecule has 0 bridgehead atoms. The van der Waals surface area contributed by atoms with E-state index in [4.69, 9.17) is 21.1 Å². The number of carbonyl (C=O) groups is 3. The van der Waals surface area contributed by atoms with Gasteiger partial charge in [-0.3, -0.25) is 9.59 Å². The first-order chi connectivity index (χ1) is 12.3. The lowest BCUT2D eigenvalue weighted by Crippen LogP contribution is -2.47. The summed E-state index contributed by atoms with van der Waals surface area (Å²) in [7, 11) is 1.27. The highest BCUT2D eigenvalue weighted by Gasteiger charge is 2.52. The van der Waals surface area contributed by atoms with Gasteiger partial charge in [0.05, 0.1) is 12.5 Å². The molecular weight excluding hydrogens is 358 g/mol. The van der Waals surface area contributed by atoms with Crippen molar-refractivity contribution in [1.82, 2.24) is 5.32 Å². The van der Waals surface area contributed by atoms with Crippen molar-refractivity contribution in [2.45, 2.75) is 44.6 Å². The molecule has 1 aliphatic carbocycles. The lowest BCUT2D eigenvalue weighted by atomic mass is 9.96. The number of hydrogen-bond acceptors (Lipinski definition) is 5. The maximum Gasteiger partial charge on any atom is 0.328 e. The molecule has 26 heavy (non-hydrogen) atoms. The Morgan fingerprint density at radius 1 is 1.23 bits per heavy atom. The molecule has 0 radical (unpaired) electrons. The SMILES string of the molecule is CC[C@H](C)[C@@H](NC(=O)COC(=O)C1(c2ccc(Cl)cc2)CC1)C(=O)OC. The number of methoxy groups -OCH3 is 1. The van der Waals surface area contributed by atoms with Crippen LogP contribution >= 0.6 is 11.6 Å². The molecule has 0 heterocycles. The Labute approximate surface area is 158 Å². The normalized spacial score (nSPS) is 16.9. The second-order valence-corrected chi connectivity index (χ2v) is 7.06. The van der Waals surface area contributed by atoms with Crippen LogP contribution < -0.4 is 5.32 Å². The fourth-order valence-electron chi connectivity index (χ4n) is 2.79. The number of rotatable bonds is 8. The summed E-state index contributed by atoms with van der Waals surface area (Å²) in [6, 6.07) is 6.29. The molecule has 1 aliphatic rings. The first-order valence-electron chi connectivity index (χ1n) is 8.64. The van der Waals surface area contributed by atoms with Gasteiger partial charge >= 0.3 is 11.9 Å². The third-order valence-corrected chi connectivity index (χ3v) is 5.11. The van der Waals surface area contributed by atoms with Gasteiger partial charge in [-0.2, -0.15) is 0 Å². The van der Waals surface area contributed by atoms with E-state index in [2.05, 4.69) is 5.32 Å². The Morgan fingerprint density at radius 2 is 1.85 bits per heavy atom. The molecule has 0 spiro atoms. The molecule has 1 saturated carbocycles. The lowest BCUT2D eigenvalue weighted by Gasteiger charge is -2.22. The summed E-state index contributed by atoms with van der Waals surface area (Å²) in [5, 5.41) is 3.18. The molecule has 6 nitrogen and oxygen atoms in total. The van der Waals surface area contributed by atoms with Crippen molar-refractivity contribution in [3.05, 3.63) is 34.9 Å². The van der Waals surface area contributed by atoms with Gasteiger partial charge in [-0.1, -0.05) is 44.0 Å². The van der Waals surface area contributed by atoms with Crippen LogP contribution in [0.15, 0.2) is 24.3 Å². The topological polar surface area (TPSA) is 81.7 Å². The molecule has 1 amide bonds. The predicted octanol–water partition coefficient (Wildman–Crippen LogP) is 2.62. The fraction of sp³-hybridized carbons (Fsp3) is 0.526. The molecule has 0 unspecified atom stereocenters. The van der Waals surface area contributed by atoms with E-state index in [1.54, 1.807) is 24.3 Å². The number of benzene rings is 1. The van der Waals surface area contributed by atoms with E-state index < -0.39 is 35.9 Å². The Kier molecular flexibility index (Phi) is 6.64. The van der Waals surface area contributed by atoms with Crippen molar-refractivity contribution in [1.29, 1.82) is 0 Å². The van der Waals surface area contributed by atoms with E-state index in [0.29, 0.717) is 24.3 Å². The third kappa shape index (κ3) is 4.55. The Hall–Kier alpha value is -2.08. The van der Waals surface area contributed by atoms with E-state index >= 15 is 0 Å². The van der Waals surface area contributed by atoms with Crippen LogP contribution in [-0.2, 0) is 29.3 Å². The molecule has 1 aromatic carbocycles. The Balaban J connectivity index is 1.93. The molecule has 7 heteroatoms. The number of hydrogen-bond donors (Lipinski definition) is 1. The number of ether oxygens (including phenoxy) is 2. The van der Waals surface area contributed by atoms with Gasteiger partial charge in [0.25, 0.3) is 5.91 Å². The zero-order valence-corrected chi connectivity index (χ0v) is 16.0. The van der Waals surface area contributed by atoms with Crippen molar-refractivity contribution in [2.75, 3.05) is 13.7 Å². The third-order valence-electron chi connectivity index (χ3n) is 4.86. The van der Waals surface area contributed by atoms with Gasteiger partial charge < -0.3 is 14.8 Å². The van der Waals surface area contributed by atoms with Gasteiger partial charge in [0.2, 0.25) is 0 Å². The molecule has 0 aliphatic heterocycles. The fourth-order valence-corrected chi connectivity index (χ4v) is 2.91. The summed E-state index contributed by atoms with van der Waals surface area (Å²) in [5.74, 6) is -1.57. The zero-order valence-electron chi connectivity index (χ0n) is 15.2. The van der Waals surface area contributed by atoms with Crippen LogP contribution in [0.5, 0.6) is 0 Å². The standard InChI is InChI=1S/C19H24ClNO5/c1-4-12(2)16(17(23)25-3)21-15(22)11-26-18(24)19(9-10-19)13-5-7-14(20)8-6-13/h5-8,12,16H,4,9-11H2,1-3H3,(H,21,22)/t12-,16+/m0/s1. The minimum absolute atomic E-state index is 0.0917. The van der Waals surface area contributed by atoms with Gasteiger partial charge in [-0.05, 0) is 36.5 Å². The monoisotopic (exact) mass is 381 g/mol. The highest BCUT2D eigenvalue weighted by Crippen LogP contribution is 2.49. The second-order valence-electron chi connectivity index (χ2n) is 6.62. The van der Waals surface area contributed by atoms with E-state index in [9.17, 15) is 14.4 Å². The largest absolute Gasteiger partial charge is 0.467 e. The highest BCUT2D eigenvalue weighted by molar-refractivity contribution is 6.30. The van der Waals surface area contributed by atoms with Crippen molar-refractivity contribution in [2.24, 2.45) is 5.92 Å². The highest BCUT2D eigenvalue weighted by atomic mass is 35.5. The minimum atomic E-state index is -0.762. The summed E-state index contributed by atoms with van der Waals surface area (Å²) in [5.41, 5.74) is 0.142. The molecular formula is C19H24ClNO5. The molecule has 1 aromatic rings. The van der Waals surface area contributed by atoms with E-state index in [0.717, 1.165) is 5.56 Å². The summed E-state index contributed by atoms with van der Waals surface area (Å²) >= 11 is 5.88. The number of amides is 1. The molecule has 2 atom stereocenters. The quantitative estimate of drug-likeness (QED) is 0.700. The Bertz CT molecular complexity index is 669. The maximum absolute atomic E-state index is 12.5. The molecule has 1 N–H and O–H groups in total. The van der Waals surface area contributed by atoms with Gasteiger partial charge in [-0.25, -0.2) is 4.79 Å². The summed E-state index contributed by atoms with van der Waals surface area (Å²) in [6.45, 7) is 3.32. The number of nitrogens with one attached hydrogen (secondary N) is 1. The van der Waals surface area contributed by atoms with Crippen LogP contribution in [0.25, 0.3) is 0 Å². The van der Waals surface area contributed by atoms with Crippen LogP contribution in [0.4, 0.5) is 0 Å². The smallest absolute Gasteiger partial charge is 0.328 e. The average molecular weight is 382 g/mol. The first kappa shape index (κ1) is 20.2. The van der Waals surface area contributed by atoms with Crippen molar-refractivity contribution in [3.8, 4) is 0 Å². The van der Waals surface area contributed by atoms with Crippen LogP contribution in [-0.4, -0.2) is 37.6 Å². The second kappa shape index (κ2) is 8.54. The van der Waals surface area contributed by atoms with Crippen molar-refractivity contribution >= 4 is 29.4 Å². The van der Waals surface area contributed by atoms with E-state index in [1.807, 2.05) is 13.8 Å². The van der Waals surface area contributed by atoms with E-state index in [-0.39, 0.29) is 5.92 Å². The van der Waals surface area contributed by atoms with Crippen LogP contribution in [0.2, 0.25) is 5.02 Å². The van der Waals surface area contributed by atoms with Crippen LogP contribution in [0, 0.1) is 5.92 Å². The Morgan fingerprint density at radius 3 is 2.35 bits per heavy atom. The molecule has 1 fully saturated rings. The van der Waals surface area contributed by atoms with Crippen LogP contribution in [0.3, 0.4) is 0 Å². The number of carbonyl (C=O) groups excluding carboxylic acids is 3. The molecule has 2 rings (SSSR count). The lowest BCUT2D eigenvalue weighted by molar-refractivity contribution is -0.152. The van der Waals surface area contributed by atoms with E-state index in [1.165, 1.54) is 7.11 Å². The molecule has 0 aromatic heterocycles. The molecule has 142 valence electrons. The number of esters is 2. The van der Waals surface area contributed by atoms with Gasteiger partial charge in [0.15, 0.2) is 6.61 Å². The van der Waals surface area contributed by atoms with Gasteiger partial charge in [0, 0.05) is 5.02 Å². The van der Waals surface area contributed by atoms with Gasteiger partial charge in [-0.15, -0.1) is 0 Å². The average Bonchev–Trinajstić information content (AvgIpc) is 3.45.